The van der Waals surface area contributed by atoms with Crippen molar-refractivity contribution in [3.63, 3.8) is 0 Å². The van der Waals surface area contributed by atoms with E-state index >= 15 is 0 Å². The van der Waals surface area contributed by atoms with Gasteiger partial charge in [-0.15, -0.1) is 0 Å². The Balaban J connectivity index is 2.71. The van der Waals surface area contributed by atoms with Crippen molar-refractivity contribution in [3.05, 3.63) is 47.7 Å². The van der Waals surface area contributed by atoms with Gasteiger partial charge in [0.15, 0.2) is 0 Å². The monoisotopic (exact) mass is 388 g/mol. The van der Waals surface area contributed by atoms with Gasteiger partial charge in [0.05, 0.1) is 0 Å². The SMILES string of the molecule is [2H]C(C)(C)c1cccc(-c2cc(C([2H])([2H])C(C)(C)C)[c]([Ge]([CH3])([CH3])[CH3])cn2)c1. The normalized spacial score (nSPS) is 15.6. The summed E-state index contributed by atoms with van der Waals surface area (Å²) in [6, 6.07) is 9.87. The summed E-state index contributed by atoms with van der Waals surface area (Å²) in [6.07, 6.45) is 0.456. The fourth-order valence-electron chi connectivity index (χ4n) is 2.71. The van der Waals surface area contributed by atoms with E-state index in [9.17, 15) is 0 Å². The first-order chi connectivity index (χ1) is 12.0. The first-order valence-corrected chi connectivity index (χ1v) is 16.0. The van der Waals surface area contributed by atoms with Crippen molar-refractivity contribution in [1.29, 1.82) is 0 Å². The van der Waals surface area contributed by atoms with Gasteiger partial charge in [-0.1, -0.05) is 0 Å². The molecule has 1 nitrogen and oxygen atoms in total. The minimum atomic E-state index is -2.31. The summed E-state index contributed by atoms with van der Waals surface area (Å²) in [5, 5.41) is 0. The average Bonchev–Trinajstić information content (AvgIpc) is 2.51. The molecule has 0 saturated carbocycles. The first kappa shape index (κ1) is 15.2. The van der Waals surface area contributed by atoms with Crippen LogP contribution in [0.3, 0.4) is 0 Å². The van der Waals surface area contributed by atoms with Crippen LogP contribution in [0.5, 0.6) is 0 Å². The Bertz CT molecular complexity index is 825. The summed E-state index contributed by atoms with van der Waals surface area (Å²) in [6.45, 7) is 9.61. The molecule has 0 aliphatic rings. The van der Waals surface area contributed by atoms with E-state index in [-0.39, 0.29) is 0 Å². The van der Waals surface area contributed by atoms with E-state index in [1.54, 1.807) is 0 Å². The first-order valence-electron chi connectivity index (χ1n) is 10.2. The fraction of sp³-hybridized carbons (Fsp3) is 0.500. The fourth-order valence-corrected chi connectivity index (χ4v) is 5.63. The van der Waals surface area contributed by atoms with Crippen LogP contribution in [0.2, 0.25) is 17.3 Å². The molecule has 0 aliphatic heterocycles. The third-order valence-corrected chi connectivity index (χ3v) is 8.18. The number of aromatic nitrogens is 1. The molecule has 24 heavy (non-hydrogen) atoms. The number of hydrogen-bond acceptors (Lipinski definition) is 1. The van der Waals surface area contributed by atoms with Crippen molar-refractivity contribution >= 4 is 17.7 Å². The maximum absolute atomic E-state index is 8.88. The molecule has 0 radical (unpaired) electrons. The second kappa shape index (κ2) is 7.03. The molecule has 2 aromatic rings. The summed E-state index contributed by atoms with van der Waals surface area (Å²) in [7, 11) is 0. The van der Waals surface area contributed by atoms with E-state index in [0.717, 1.165) is 26.8 Å². The molecular weight excluding hydrogens is 351 g/mol. The molecule has 0 unspecified atom stereocenters. The topological polar surface area (TPSA) is 12.9 Å². The van der Waals surface area contributed by atoms with Gasteiger partial charge in [0.2, 0.25) is 0 Å². The van der Waals surface area contributed by atoms with Crippen LogP contribution in [0.15, 0.2) is 36.5 Å². The molecule has 1 aromatic carbocycles. The molecule has 2 heteroatoms. The van der Waals surface area contributed by atoms with Crippen LogP contribution in [0.1, 0.15) is 55.8 Å². The van der Waals surface area contributed by atoms with Crippen LogP contribution < -0.4 is 4.40 Å². The summed E-state index contributed by atoms with van der Waals surface area (Å²) < 4.78 is 27.2. The van der Waals surface area contributed by atoms with Crippen molar-refractivity contribution in [3.8, 4) is 11.3 Å². The third-order valence-electron chi connectivity index (χ3n) is 3.96. The van der Waals surface area contributed by atoms with Crippen LogP contribution in [-0.4, -0.2) is 18.3 Å². The summed E-state index contributed by atoms with van der Waals surface area (Å²) in [5.41, 5.74) is 2.91. The number of nitrogens with zero attached hydrogens (tertiary/aromatic N) is 1. The predicted molar refractivity (Wildman–Crippen MR) is 110 cm³/mol. The van der Waals surface area contributed by atoms with E-state index in [0.29, 0.717) is 0 Å². The van der Waals surface area contributed by atoms with Crippen molar-refractivity contribution < 1.29 is 4.11 Å². The Morgan fingerprint density at radius 2 is 1.83 bits per heavy atom. The van der Waals surface area contributed by atoms with Crippen molar-refractivity contribution in [2.75, 3.05) is 0 Å². The van der Waals surface area contributed by atoms with Crippen molar-refractivity contribution in [2.24, 2.45) is 5.41 Å². The second-order valence-electron chi connectivity index (χ2n) is 8.82. The molecule has 0 bridgehead atoms. The van der Waals surface area contributed by atoms with Gasteiger partial charge >= 0.3 is 155 Å². The van der Waals surface area contributed by atoms with Gasteiger partial charge in [0, 0.05) is 0 Å². The van der Waals surface area contributed by atoms with Crippen LogP contribution in [-0.2, 0) is 6.37 Å². The molecule has 0 atom stereocenters. The molecule has 2 rings (SSSR count). The van der Waals surface area contributed by atoms with Crippen molar-refractivity contribution in [2.45, 2.75) is 64.2 Å². The molecule has 0 spiro atoms. The quantitative estimate of drug-likeness (QED) is 0.586. The zero-order valence-corrected chi connectivity index (χ0v) is 18.5. The van der Waals surface area contributed by atoms with E-state index in [1.807, 2.05) is 71.1 Å². The Morgan fingerprint density at radius 3 is 2.38 bits per heavy atom. The number of benzene rings is 1. The van der Waals surface area contributed by atoms with Crippen molar-refractivity contribution in [1.82, 2.24) is 4.98 Å². The molecule has 0 amide bonds. The molecule has 0 aliphatic carbocycles. The van der Waals surface area contributed by atoms with E-state index in [2.05, 4.69) is 17.3 Å². The van der Waals surface area contributed by atoms with Gasteiger partial charge in [0.1, 0.15) is 0 Å². The van der Waals surface area contributed by atoms with Gasteiger partial charge in [-0.05, 0) is 0 Å². The van der Waals surface area contributed by atoms with Crippen LogP contribution in [0.4, 0.5) is 0 Å². The summed E-state index contributed by atoms with van der Waals surface area (Å²) in [5.74, 6) is 6.16. The van der Waals surface area contributed by atoms with Crippen LogP contribution >= 0.6 is 0 Å². The number of rotatable bonds is 4. The zero-order chi connectivity index (χ0) is 20.8. The number of pyridine rings is 1. The number of hydrogen-bond donors (Lipinski definition) is 0. The van der Waals surface area contributed by atoms with Gasteiger partial charge < -0.3 is 0 Å². The second-order valence-corrected chi connectivity index (χ2v) is 19.4. The Hall–Kier alpha value is -1.09. The predicted octanol–water partition coefficient (Wildman–Crippen LogP) is 6.01. The Kier molecular flexibility index (Phi) is 4.45. The minimum absolute atomic E-state index is 0.515. The molecule has 0 saturated heterocycles. The summed E-state index contributed by atoms with van der Waals surface area (Å²) in [4.78, 5) is 4.71. The van der Waals surface area contributed by atoms with Gasteiger partial charge in [-0.3, -0.25) is 0 Å². The standard InChI is InChI=1S/C22H33GeN/c1-16(2)17-10-9-11-18(12-17)21-13-19(14-22(3,4)5)20(15-24-21)23(6,7)8/h9-13,15-16H,14H2,1-8H3/i14D2,16D. The molecular formula is C22H33GeN. The van der Waals surface area contributed by atoms with Gasteiger partial charge in [-0.25, -0.2) is 0 Å². The molecule has 0 fully saturated rings. The van der Waals surface area contributed by atoms with Gasteiger partial charge in [0.25, 0.3) is 0 Å². The van der Waals surface area contributed by atoms with E-state index in [4.69, 9.17) is 9.10 Å². The van der Waals surface area contributed by atoms with Gasteiger partial charge in [-0.2, -0.15) is 0 Å². The van der Waals surface area contributed by atoms with Crippen LogP contribution in [0, 0.1) is 5.41 Å². The van der Waals surface area contributed by atoms with E-state index < -0.39 is 30.9 Å². The maximum atomic E-state index is 8.88. The zero-order valence-electron chi connectivity index (χ0n) is 19.4. The van der Waals surface area contributed by atoms with Crippen LogP contribution in [0.25, 0.3) is 11.3 Å². The Labute approximate surface area is 155 Å². The summed E-state index contributed by atoms with van der Waals surface area (Å²) >= 11 is -2.31. The van der Waals surface area contributed by atoms with E-state index in [1.165, 1.54) is 0 Å². The Morgan fingerprint density at radius 1 is 1.17 bits per heavy atom. The molecule has 130 valence electrons. The molecule has 1 heterocycles. The average molecular weight is 387 g/mol. The molecule has 0 N–H and O–H groups in total. The third kappa shape index (κ3) is 4.95. The molecule has 1 aromatic heterocycles.